The Balaban J connectivity index is 1.56. The van der Waals surface area contributed by atoms with Gasteiger partial charge in [0.25, 0.3) is 5.91 Å². The number of nitrogens with zero attached hydrogens (tertiary/aromatic N) is 2. The van der Waals surface area contributed by atoms with Gasteiger partial charge in [0.1, 0.15) is 5.84 Å². The number of carbonyl (C=O) groups excluding carboxylic acids is 1. The molecule has 4 rings (SSSR count). The van der Waals surface area contributed by atoms with E-state index < -0.39 is 5.54 Å². The number of rotatable bonds is 5. The molecule has 0 radical (unpaired) electrons. The van der Waals surface area contributed by atoms with Crippen molar-refractivity contribution in [2.45, 2.75) is 38.3 Å². The number of benzene rings is 1. The van der Waals surface area contributed by atoms with Crippen molar-refractivity contribution in [3.63, 3.8) is 0 Å². The van der Waals surface area contributed by atoms with Crippen LogP contribution in [-0.4, -0.2) is 35.6 Å². The predicted octanol–water partition coefficient (Wildman–Crippen LogP) is 2.40. The van der Waals surface area contributed by atoms with Crippen LogP contribution in [0.2, 0.25) is 0 Å². The van der Waals surface area contributed by atoms with Crippen LogP contribution in [0, 0.1) is 0 Å². The lowest BCUT2D eigenvalue weighted by atomic mass is 9.92. The molecular formula is C18H22N4O2S. The van der Waals surface area contributed by atoms with E-state index in [2.05, 4.69) is 10.6 Å². The third kappa shape index (κ3) is 2.76. The molecule has 3 aliphatic rings. The first kappa shape index (κ1) is 16.6. The Hall–Kier alpha value is -1.83. The van der Waals surface area contributed by atoms with Crippen LogP contribution in [0.4, 0.5) is 0 Å². The van der Waals surface area contributed by atoms with Gasteiger partial charge in [-0.3, -0.25) is 4.79 Å². The van der Waals surface area contributed by atoms with Gasteiger partial charge in [0, 0.05) is 23.9 Å². The highest BCUT2D eigenvalue weighted by molar-refractivity contribution is 7.93. The van der Waals surface area contributed by atoms with E-state index in [0.717, 1.165) is 47.7 Å². The summed E-state index contributed by atoms with van der Waals surface area (Å²) in [6, 6.07) is 8.19. The minimum absolute atomic E-state index is 0.0573. The zero-order chi connectivity index (χ0) is 17.6. The van der Waals surface area contributed by atoms with Crippen molar-refractivity contribution >= 4 is 29.5 Å². The van der Waals surface area contributed by atoms with Gasteiger partial charge in [0.2, 0.25) is 0 Å². The Morgan fingerprint density at radius 3 is 2.76 bits per heavy atom. The van der Waals surface area contributed by atoms with Crippen LogP contribution in [-0.2, 0) is 14.6 Å². The Morgan fingerprint density at radius 1 is 1.36 bits per heavy atom. The highest BCUT2D eigenvalue weighted by atomic mass is 32.2. The molecule has 0 bridgehead atoms. The summed E-state index contributed by atoms with van der Waals surface area (Å²) in [6.07, 6.45) is 4.03. The second kappa shape index (κ2) is 6.16. The van der Waals surface area contributed by atoms with E-state index in [1.807, 2.05) is 49.4 Å². The number of hydrogen-bond acceptors (Lipinski definition) is 6. The number of allylic oxidation sites excluding steroid dienone is 1. The molecule has 3 aliphatic heterocycles. The Morgan fingerprint density at radius 2 is 2.12 bits per heavy atom. The topological polar surface area (TPSA) is 65.7 Å². The molecule has 1 amide bonds. The van der Waals surface area contributed by atoms with Gasteiger partial charge >= 0.3 is 0 Å². The molecule has 6 nitrogen and oxygen atoms in total. The van der Waals surface area contributed by atoms with Crippen LogP contribution in [0.15, 0.2) is 35.0 Å². The smallest absolute Gasteiger partial charge is 0.257 e. The Kier molecular flexibility index (Phi) is 4.10. The van der Waals surface area contributed by atoms with Crippen LogP contribution in [0.1, 0.15) is 37.8 Å². The summed E-state index contributed by atoms with van der Waals surface area (Å²) < 4.78 is 5.45. The van der Waals surface area contributed by atoms with Gasteiger partial charge in [-0.25, -0.2) is 10.1 Å². The van der Waals surface area contributed by atoms with E-state index in [-0.39, 0.29) is 11.9 Å². The monoisotopic (exact) mass is 358 g/mol. The first-order valence-corrected chi connectivity index (χ1v) is 9.67. The molecule has 25 heavy (non-hydrogen) atoms. The summed E-state index contributed by atoms with van der Waals surface area (Å²) in [5, 5.41) is 8.17. The molecule has 1 aromatic carbocycles. The van der Waals surface area contributed by atoms with Gasteiger partial charge in [0.05, 0.1) is 17.4 Å². The number of aliphatic imine (C=N–C) groups is 1. The third-order valence-corrected chi connectivity index (χ3v) is 5.39. The fourth-order valence-electron chi connectivity index (χ4n) is 3.51. The lowest BCUT2D eigenvalue weighted by Crippen LogP contribution is -2.41. The van der Waals surface area contributed by atoms with Crippen molar-refractivity contribution in [3.8, 4) is 0 Å². The van der Waals surface area contributed by atoms with E-state index in [9.17, 15) is 4.79 Å². The average Bonchev–Trinajstić information content (AvgIpc) is 2.99. The van der Waals surface area contributed by atoms with E-state index in [0.29, 0.717) is 0 Å². The van der Waals surface area contributed by atoms with Gasteiger partial charge < -0.3 is 10.6 Å². The van der Waals surface area contributed by atoms with Crippen molar-refractivity contribution in [2.24, 2.45) is 4.99 Å². The molecule has 2 unspecified atom stereocenters. The minimum atomic E-state index is -0.861. The van der Waals surface area contributed by atoms with Gasteiger partial charge in [-0.1, -0.05) is 24.3 Å². The van der Waals surface area contributed by atoms with Crippen LogP contribution in [0.3, 0.4) is 0 Å². The first-order valence-electron chi connectivity index (χ1n) is 8.52. The van der Waals surface area contributed by atoms with Gasteiger partial charge in [-0.05, 0) is 38.8 Å². The quantitative estimate of drug-likeness (QED) is 0.791. The summed E-state index contributed by atoms with van der Waals surface area (Å²) in [7, 11) is 0. The summed E-state index contributed by atoms with van der Waals surface area (Å²) in [5.41, 5.74) is 3.32. The van der Waals surface area contributed by atoms with Crippen LogP contribution in [0.25, 0.3) is 5.70 Å². The van der Waals surface area contributed by atoms with Crippen molar-refractivity contribution < 1.29 is 9.08 Å². The van der Waals surface area contributed by atoms with Gasteiger partial charge in [0.15, 0.2) is 5.54 Å². The Labute approximate surface area is 151 Å². The van der Waals surface area contributed by atoms with E-state index >= 15 is 0 Å². The summed E-state index contributed by atoms with van der Waals surface area (Å²) in [5.74, 6) is 0.715. The molecule has 0 spiro atoms. The minimum Gasteiger partial charge on any atom is -0.311 e. The van der Waals surface area contributed by atoms with Crippen molar-refractivity contribution in [3.05, 3.63) is 41.1 Å². The molecular weight excluding hydrogens is 336 g/mol. The molecule has 3 heterocycles. The molecule has 2 N–H and O–H groups in total. The normalized spacial score (nSPS) is 28.4. The molecule has 0 aromatic heterocycles. The average molecular weight is 358 g/mol. The summed E-state index contributed by atoms with van der Waals surface area (Å²) in [4.78, 5) is 17.3. The lowest BCUT2D eigenvalue weighted by Gasteiger charge is -2.18. The number of amides is 1. The predicted molar refractivity (Wildman–Crippen MR) is 99.4 cm³/mol. The lowest BCUT2D eigenvalue weighted by molar-refractivity contribution is -0.123. The third-order valence-electron chi connectivity index (χ3n) is 5.09. The number of nitrogens with one attached hydrogen (secondary N) is 2. The van der Waals surface area contributed by atoms with Crippen molar-refractivity contribution in [1.29, 1.82) is 0 Å². The molecule has 7 heteroatoms. The number of hydroxylamine groups is 2. The highest BCUT2D eigenvalue weighted by Gasteiger charge is 2.43. The van der Waals surface area contributed by atoms with Crippen LogP contribution < -0.4 is 10.6 Å². The molecule has 0 aliphatic carbocycles. The number of hydrogen-bond donors (Lipinski definition) is 2. The molecule has 0 saturated carbocycles. The van der Waals surface area contributed by atoms with Crippen LogP contribution >= 0.6 is 12.0 Å². The highest BCUT2D eigenvalue weighted by Crippen LogP contribution is 2.42. The number of amidine groups is 1. The zero-order valence-electron chi connectivity index (χ0n) is 14.6. The second-order valence-corrected chi connectivity index (χ2v) is 7.20. The summed E-state index contributed by atoms with van der Waals surface area (Å²) in [6.45, 7) is 4.88. The van der Waals surface area contributed by atoms with Gasteiger partial charge in [-0.2, -0.15) is 4.28 Å². The first-order chi connectivity index (χ1) is 12.0. The molecule has 1 saturated heterocycles. The maximum atomic E-state index is 12.6. The van der Waals surface area contributed by atoms with Gasteiger partial charge in [-0.15, -0.1) is 0 Å². The van der Waals surface area contributed by atoms with Crippen LogP contribution in [0.5, 0.6) is 0 Å². The largest absolute Gasteiger partial charge is 0.311 e. The fourth-order valence-corrected chi connectivity index (χ4v) is 3.85. The maximum absolute atomic E-state index is 12.6. The number of carbonyl (C=O) groups is 1. The Bertz CT molecular complexity index is 768. The molecule has 2 atom stereocenters. The van der Waals surface area contributed by atoms with Crippen molar-refractivity contribution in [1.82, 2.24) is 15.7 Å². The van der Waals surface area contributed by atoms with E-state index in [1.165, 1.54) is 12.0 Å². The zero-order valence-corrected chi connectivity index (χ0v) is 15.4. The SMILES string of the molecule is CSON1C(C)=C1c1ccc(C2(C)N=C(C3CCCN3)NC2=O)cc1. The molecule has 1 fully saturated rings. The molecule has 132 valence electrons. The summed E-state index contributed by atoms with van der Waals surface area (Å²) >= 11 is 1.32. The van der Waals surface area contributed by atoms with E-state index in [1.54, 1.807) is 0 Å². The fraction of sp³-hybridized carbons (Fsp3) is 0.444. The second-order valence-electron chi connectivity index (χ2n) is 6.72. The molecule has 1 aromatic rings. The standard InChI is InChI=1S/C18H22N4O2S/c1-11-15(22(11)24-25-3)12-6-8-13(9-7-12)18(2)17(23)20-16(21-18)14-5-4-10-19-14/h6-9,14,19H,4-5,10H2,1-3H3,(H,20,21,23). The van der Waals surface area contributed by atoms with E-state index in [4.69, 9.17) is 9.28 Å². The maximum Gasteiger partial charge on any atom is 0.257 e. The van der Waals surface area contributed by atoms with Crippen molar-refractivity contribution in [2.75, 3.05) is 12.8 Å².